The Kier molecular flexibility index (Phi) is 4.08. The minimum atomic E-state index is 0.358. The van der Waals surface area contributed by atoms with E-state index in [-0.39, 0.29) is 0 Å². The van der Waals surface area contributed by atoms with Gasteiger partial charge in [0.25, 0.3) is 0 Å². The van der Waals surface area contributed by atoms with Gasteiger partial charge in [-0.1, -0.05) is 45.8 Å². The summed E-state index contributed by atoms with van der Waals surface area (Å²) in [5.41, 5.74) is 3.88. The van der Waals surface area contributed by atoms with E-state index in [1.165, 1.54) is 16.7 Å². The molecule has 0 radical (unpaired) electrons. The molecule has 2 nitrogen and oxygen atoms in total. The van der Waals surface area contributed by atoms with Gasteiger partial charge in [0.2, 0.25) is 0 Å². The van der Waals surface area contributed by atoms with E-state index in [4.69, 9.17) is 4.74 Å². The van der Waals surface area contributed by atoms with Gasteiger partial charge in [-0.3, -0.25) is 0 Å². The highest BCUT2D eigenvalue weighted by Crippen LogP contribution is 2.34. The lowest BCUT2D eigenvalue weighted by Crippen LogP contribution is -2.26. The molecular formula is C17H18BrNO. The molecule has 0 aliphatic carbocycles. The Morgan fingerprint density at radius 3 is 3.00 bits per heavy atom. The van der Waals surface area contributed by atoms with E-state index in [0.717, 1.165) is 29.8 Å². The zero-order valence-electron chi connectivity index (χ0n) is 11.5. The number of aryl methyl sites for hydroxylation is 1. The van der Waals surface area contributed by atoms with Gasteiger partial charge in [-0.25, -0.2) is 0 Å². The van der Waals surface area contributed by atoms with Gasteiger partial charge in [0.1, 0.15) is 5.75 Å². The molecule has 20 heavy (non-hydrogen) atoms. The Labute approximate surface area is 128 Å². The Morgan fingerprint density at radius 1 is 1.25 bits per heavy atom. The van der Waals surface area contributed by atoms with E-state index >= 15 is 0 Å². The fraction of sp³-hybridized carbons (Fsp3) is 0.294. The topological polar surface area (TPSA) is 21.3 Å². The van der Waals surface area contributed by atoms with Crippen molar-refractivity contribution in [3.63, 3.8) is 0 Å². The van der Waals surface area contributed by atoms with Crippen molar-refractivity contribution in [1.29, 1.82) is 0 Å². The Balaban J connectivity index is 1.75. The van der Waals surface area contributed by atoms with Crippen LogP contribution in [0.15, 0.2) is 46.9 Å². The molecule has 1 aliphatic rings. The molecule has 1 heterocycles. The highest BCUT2D eigenvalue weighted by atomic mass is 79.9. The molecule has 2 aromatic rings. The quantitative estimate of drug-likeness (QED) is 0.901. The molecule has 1 aliphatic heterocycles. The molecular weight excluding hydrogens is 314 g/mol. The predicted molar refractivity (Wildman–Crippen MR) is 85.0 cm³/mol. The molecule has 1 atom stereocenters. The van der Waals surface area contributed by atoms with Crippen LogP contribution in [-0.2, 0) is 6.54 Å². The summed E-state index contributed by atoms with van der Waals surface area (Å²) in [6.45, 7) is 3.79. The molecule has 0 fully saturated rings. The van der Waals surface area contributed by atoms with Gasteiger partial charge >= 0.3 is 0 Å². The van der Waals surface area contributed by atoms with Crippen LogP contribution in [0, 0.1) is 6.92 Å². The zero-order chi connectivity index (χ0) is 13.9. The van der Waals surface area contributed by atoms with E-state index in [1.807, 2.05) is 12.1 Å². The smallest absolute Gasteiger partial charge is 0.124 e. The third-order valence-corrected chi connectivity index (χ3v) is 4.14. The molecule has 1 N–H and O–H groups in total. The maximum atomic E-state index is 5.72. The van der Waals surface area contributed by atoms with Gasteiger partial charge in [0.05, 0.1) is 6.61 Å². The molecule has 0 saturated heterocycles. The number of benzene rings is 2. The molecule has 0 saturated carbocycles. The third-order valence-electron chi connectivity index (χ3n) is 3.65. The number of ether oxygens (including phenoxy) is 1. The van der Waals surface area contributed by atoms with Crippen molar-refractivity contribution in [2.75, 3.05) is 6.61 Å². The molecule has 3 heteroatoms. The summed E-state index contributed by atoms with van der Waals surface area (Å²) >= 11 is 3.54. The second-order valence-electron chi connectivity index (χ2n) is 5.24. The summed E-state index contributed by atoms with van der Waals surface area (Å²) in [6.07, 6.45) is 1.01. The van der Waals surface area contributed by atoms with E-state index in [9.17, 15) is 0 Å². The van der Waals surface area contributed by atoms with Gasteiger partial charge in [0, 0.05) is 29.0 Å². The number of nitrogens with one attached hydrogen (secondary N) is 1. The Bertz CT molecular complexity index is 612. The van der Waals surface area contributed by atoms with E-state index in [2.05, 4.69) is 58.5 Å². The first kappa shape index (κ1) is 13.7. The maximum absolute atomic E-state index is 5.72. The maximum Gasteiger partial charge on any atom is 0.124 e. The summed E-state index contributed by atoms with van der Waals surface area (Å²) in [5, 5.41) is 3.65. The number of hydrogen-bond acceptors (Lipinski definition) is 2. The van der Waals surface area contributed by atoms with Crippen molar-refractivity contribution in [3.8, 4) is 5.75 Å². The van der Waals surface area contributed by atoms with Crippen LogP contribution in [0.5, 0.6) is 5.75 Å². The second-order valence-corrected chi connectivity index (χ2v) is 6.16. The average molecular weight is 332 g/mol. The van der Waals surface area contributed by atoms with Crippen LogP contribution >= 0.6 is 15.9 Å². The molecule has 0 spiro atoms. The van der Waals surface area contributed by atoms with Gasteiger partial charge < -0.3 is 10.1 Å². The van der Waals surface area contributed by atoms with Gasteiger partial charge in [-0.05, 0) is 30.7 Å². The minimum absolute atomic E-state index is 0.358. The third kappa shape index (κ3) is 3.05. The lowest BCUT2D eigenvalue weighted by atomic mass is 10.00. The van der Waals surface area contributed by atoms with Crippen molar-refractivity contribution >= 4 is 15.9 Å². The normalized spacial score (nSPS) is 17.4. The highest BCUT2D eigenvalue weighted by molar-refractivity contribution is 9.10. The first-order valence-corrected chi connectivity index (χ1v) is 7.73. The summed E-state index contributed by atoms with van der Waals surface area (Å²) in [4.78, 5) is 0. The van der Waals surface area contributed by atoms with Crippen LogP contribution in [0.2, 0.25) is 0 Å². The summed E-state index contributed by atoms with van der Waals surface area (Å²) in [5.74, 6) is 1.00. The number of fused-ring (bicyclic) bond motifs is 1. The van der Waals surface area contributed by atoms with Crippen molar-refractivity contribution in [2.24, 2.45) is 0 Å². The standard InChI is InChI=1S/C17H18BrNO/c1-12-3-2-4-13(9-12)11-19-16-7-8-20-17-6-5-14(18)10-15(16)17/h2-6,9-10,16,19H,7-8,11H2,1H3. The molecule has 0 aromatic heterocycles. The Hall–Kier alpha value is -1.32. The van der Waals surface area contributed by atoms with Gasteiger partial charge in [-0.2, -0.15) is 0 Å². The fourth-order valence-electron chi connectivity index (χ4n) is 2.64. The van der Waals surface area contributed by atoms with Crippen molar-refractivity contribution in [2.45, 2.75) is 25.9 Å². The molecule has 1 unspecified atom stereocenters. The minimum Gasteiger partial charge on any atom is -0.493 e. The number of halogens is 1. The predicted octanol–water partition coefficient (Wildman–Crippen LogP) is 4.37. The second kappa shape index (κ2) is 5.98. The first-order chi connectivity index (χ1) is 9.72. The van der Waals surface area contributed by atoms with Crippen LogP contribution < -0.4 is 10.1 Å². The molecule has 0 bridgehead atoms. The summed E-state index contributed by atoms with van der Waals surface area (Å²) in [7, 11) is 0. The van der Waals surface area contributed by atoms with Gasteiger partial charge in [-0.15, -0.1) is 0 Å². The average Bonchev–Trinajstić information content (AvgIpc) is 2.45. The van der Waals surface area contributed by atoms with Crippen LogP contribution in [0.3, 0.4) is 0 Å². The molecule has 0 amide bonds. The fourth-order valence-corrected chi connectivity index (χ4v) is 3.02. The lowest BCUT2D eigenvalue weighted by Gasteiger charge is -2.27. The molecule has 104 valence electrons. The van der Waals surface area contributed by atoms with Crippen LogP contribution in [0.25, 0.3) is 0 Å². The van der Waals surface area contributed by atoms with E-state index in [1.54, 1.807) is 0 Å². The van der Waals surface area contributed by atoms with Gasteiger partial charge in [0.15, 0.2) is 0 Å². The van der Waals surface area contributed by atoms with E-state index < -0.39 is 0 Å². The summed E-state index contributed by atoms with van der Waals surface area (Å²) in [6, 6.07) is 15.2. The van der Waals surface area contributed by atoms with Crippen molar-refractivity contribution in [1.82, 2.24) is 5.32 Å². The monoisotopic (exact) mass is 331 g/mol. The largest absolute Gasteiger partial charge is 0.493 e. The molecule has 3 rings (SSSR count). The van der Waals surface area contributed by atoms with Crippen LogP contribution in [0.1, 0.15) is 29.2 Å². The molecule has 2 aromatic carbocycles. The number of hydrogen-bond donors (Lipinski definition) is 1. The van der Waals surface area contributed by atoms with Crippen molar-refractivity contribution < 1.29 is 4.74 Å². The van der Waals surface area contributed by atoms with Crippen LogP contribution in [0.4, 0.5) is 0 Å². The summed E-state index contributed by atoms with van der Waals surface area (Å²) < 4.78 is 6.82. The number of rotatable bonds is 3. The zero-order valence-corrected chi connectivity index (χ0v) is 13.1. The van der Waals surface area contributed by atoms with Crippen LogP contribution in [-0.4, -0.2) is 6.61 Å². The van der Waals surface area contributed by atoms with E-state index in [0.29, 0.717) is 6.04 Å². The first-order valence-electron chi connectivity index (χ1n) is 6.93. The highest BCUT2D eigenvalue weighted by Gasteiger charge is 2.21. The SMILES string of the molecule is Cc1cccc(CNC2CCOc3ccc(Br)cc32)c1. The van der Waals surface area contributed by atoms with Crippen molar-refractivity contribution in [3.05, 3.63) is 63.6 Å². The lowest BCUT2D eigenvalue weighted by molar-refractivity contribution is 0.252. The Morgan fingerprint density at radius 2 is 2.15 bits per heavy atom.